The van der Waals surface area contributed by atoms with Gasteiger partial charge >= 0.3 is 183 Å². The molecule has 2 aliphatic rings. The summed E-state index contributed by atoms with van der Waals surface area (Å²) >= 11 is -1.26. The van der Waals surface area contributed by atoms with Crippen molar-refractivity contribution >= 4 is 27.1 Å². The van der Waals surface area contributed by atoms with Crippen LogP contribution >= 0.6 is 0 Å². The molecule has 3 aromatic rings. The Hall–Kier alpha value is -1.44. The third-order valence-electron chi connectivity index (χ3n) is 5.96. The van der Waals surface area contributed by atoms with Crippen LogP contribution in [0.1, 0.15) is 21.5 Å². The summed E-state index contributed by atoms with van der Waals surface area (Å²) in [5, 5.41) is 0. The van der Waals surface area contributed by atoms with Crippen molar-refractivity contribution in [3.05, 3.63) is 125 Å². The third-order valence-corrected chi connectivity index (χ3v) is 31.6. The maximum absolute atomic E-state index is 2.99. The van der Waals surface area contributed by atoms with Gasteiger partial charge in [-0.3, -0.25) is 0 Å². The molecule has 0 amide bonds. The molecule has 1 unspecified atom stereocenters. The van der Waals surface area contributed by atoms with E-state index in [1.807, 2.05) is 0 Å². The van der Waals surface area contributed by atoms with Gasteiger partial charge in [-0.25, -0.2) is 0 Å². The number of rotatable bonds is 4. The maximum atomic E-state index is 2.49. The molecule has 0 saturated heterocycles. The Balaban J connectivity index is 1.77. The number of allylic oxidation sites excluding steroid dienone is 5. The predicted octanol–water partition coefficient (Wildman–Crippen LogP) is 4.90. The first-order valence-corrected chi connectivity index (χ1v) is 24.0. The van der Waals surface area contributed by atoms with Crippen molar-refractivity contribution in [2.75, 3.05) is 0 Å². The van der Waals surface area contributed by atoms with Crippen molar-refractivity contribution < 1.29 is 20.5 Å². The average Bonchev–Trinajstić information content (AvgIpc) is 3.42. The van der Waals surface area contributed by atoms with Gasteiger partial charge in [0.2, 0.25) is 0 Å². The first-order chi connectivity index (χ1) is 13.8. The molecular formula is C26H21SnZr. The van der Waals surface area contributed by atoms with E-state index in [0.717, 1.165) is 6.42 Å². The third kappa shape index (κ3) is 3.08. The molecule has 0 spiro atoms. The van der Waals surface area contributed by atoms with Crippen LogP contribution in [-0.4, -0.2) is 13.8 Å². The molecule has 5 rings (SSSR count). The van der Waals surface area contributed by atoms with Crippen molar-refractivity contribution in [2.24, 2.45) is 0 Å². The Morgan fingerprint density at radius 2 is 1.36 bits per heavy atom. The molecule has 0 saturated carbocycles. The molecule has 28 heavy (non-hydrogen) atoms. The van der Waals surface area contributed by atoms with E-state index in [4.69, 9.17) is 0 Å². The van der Waals surface area contributed by atoms with Gasteiger partial charge in [0.15, 0.2) is 0 Å². The summed E-state index contributed by atoms with van der Waals surface area (Å²) in [7, 11) is 0. The molecule has 0 heterocycles. The zero-order valence-electron chi connectivity index (χ0n) is 15.7. The van der Waals surface area contributed by atoms with Gasteiger partial charge in [0.05, 0.1) is 0 Å². The van der Waals surface area contributed by atoms with Crippen molar-refractivity contribution in [1.29, 1.82) is 0 Å². The molecule has 0 aromatic heterocycles. The van der Waals surface area contributed by atoms with Crippen molar-refractivity contribution in [1.82, 2.24) is 0 Å². The van der Waals surface area contributed by atoms with E-state index in [9.17, 15) is 0 Å². The van der Waals surface area contributed by atoms with Crippen LogP contribution in [0.5, 0.6) is 0 Å². The number of hydrogen-bond acceptors (Lipinski definition) is 0. The molecule has 0 fully saturated rings. The van der Waals surface area contributed by atoms with Crippen LogP contribution in [0.15, 0.2) is 114 Å². The molecule has 0 bridgehead atoms. The average molecular weight is 543 g/mol. The van der Waals surface area contributed by atoms with Gasteiger partial charge in [-0.15, -0.1) is 0 Å². The van der Waals surface area contributed by atoms with E-state index < -0.39 is 13.8 Å². The summed E-state index contributed by atoms with van der Waals surface area (Å²) in [5.74, 6) is 0. The Bertz CT molecular complexity index is 1050. The number of fused-ring (bicyclic) bond motifs is 1. The topological polar surface area (TPSA) is 0 Å². The van der Waals surface area contributed by atoms with Crippen molar-refractivity contribution in [2.45, 2.75) is 10.4 Å². The molecule has 1 atom stereocenters. The molecule has 0 N–H and O–H groups in total. The Labute approximate surface area is 182 Å². The first kappa shape index (κ1) is 18.6. The van der Waals surface area contributed by atoms with Crippen molar-refractivity contribution in [3.8, 4) is 0 Å². The molecule has 2 heteroatoms. The van der Waals surface area contributed by atoms with Gasteiger partial charge < -0.3 is 0 Å². The van der Waals surface area contributed by atoms with E-state index >= 15 is 0 Å². The fourth-order valence-corrected chi connectivity index (χ4v) is 26.4. The molecule has 0 nitrogen and oxygen atoms in total. The second-order valence-corrected chi connectivity index (χ2v) is 30.1. The molecule has 0 aliphatic heterocycles. The molecule has 2 aliphatic carbocycles. The van der Waals surface area contributed by atoms with E-state index in [-0.39, 0.29) is 0 Å². The second kappa shape index (κ2) is 7.77. The SMILES string of the molecule is [Zr][Sn]([c]1ccccc1)([c]1ccccc1)[CH]1C(C2=CC=CC2)=Cc2ccccc21. The van der Waals surface area contributed by atoms with Gasteiger partial charge in [-0.05, 0) is 0 Å². The normalized spacial score (nSPS) is 17.9. The number of benzene rings is 3. The Morgan fingerprint density at radius 3 is 1.96 bits per heavy atom. The van der Waals surface area contributed by atoms with E-state index in [1.54, 1.807) is 38.8 Å². The van der Waals surface area contributed by atoms with Gasteiger partial charge in [-0.2, -0.15) is 0 Å². The predicted molar refractivity (Wildman–Crippen MR) is 117 cm³/mol. The van der Waals surface area contributed by atoms with Crippen LogP contribution in [0.25, 0.3) is 6.08 Å². The fraction of sp³-hybridized carbons (Fsp3) is 0.0769. The van der Waals surface area contributed by atoms with Crippen LogP contribution in [0.3, 0.4) is 0 Å². The number of hydrogen-bond donors (Lipinski definition) is 0. The van der Waals surface area contributed by atoms with Gasteiger partial charge in [-0.1, -0.05) is 0 Å². The quantitative estimate of drug-likeness (QED) is 0.411. The van der Waals surface area contributed by atoms with Crippen LogP contribution in [-0.2, 0) is 20.5 Å². The summed E-state index contributed by atoms with van der Waals surface area (Å²) < 4.78 is 3.76. The fourth-order valence-electron chi connectivity index (χ4n) is 4.63. The van der Waals surface area contributed by atoms with Gasteiger partial charge in [0.25, 0.3) is 0 Å². The van der Waals surface area contributed by atoms with Crippen molar-refractivity contribution in [3.63, 3.8) is 0 Å². The van der Waals surface area contributed by atoms with Gasteiger partial charge in [0.1, 0.15) is 0 Å². The van der Waals surface area contributed by atoms with Crippen LogP contribution in [0, 0.1) is 0 Å². The Morgan fingerprint density at radius 1 is 0.750 bits per heavy atom. The van der Waals surface area contributed by atoms with Crippen LogP contribution in [0.4, 0.5) is 0 Å². The van der Waals surface area contributed by atoms with Crippen LogP contribution in [0.2, 0.25) is 0 Å². The molecule has 0 radical (unpaired) electrons. The zero-order valence-corrected chi connectivity index (χ0v) is 21.0. The standard InChI is InChI=1S/C14H11.2C6H5.Sn.Zr/c1-2-6-11(5-1)14-9-12-7-3-4-8-13(12)10-14;2*1-2-4-6-5-3-1;;/h1-5,7-10H,6H2;2*1-5H;;. The Kier molecular flexibility index (Phi) is 5.15. The van der Waals surface area contributed by atoms with E-state index in [2.05, 4.69) is 109 Å². The van der Waals surface area contributed by atoms with Gasteiger partial charge in [0, 0.05) is 0 Å². The molecular weight excluding hydrogens is 522 g/mol. The zero-order chi connectivity index (χ0) is 19.0. The van der Waals surface area contributed by atoms with Crippen LogP contribution < -0.4 is 7.16 Å². The minimum atomic E-state index is -2.99. The molecule has 133 valence electrons. The summed E-state index contributed by atoms with van der Waals surface area (Å²) in [6, 6.07) is 31.9. The summed E-state index contributed by atoms with van der Waals surface area (Å²) in [5.41, 5.74) is 6.05. The summed E-state index contributed by atoms with van der Waals surface area (Å²) in [4.78, 5) is 0. The summed E-state index contributed by atoms with van der Waals surface area (Å²) in [6.07, 6.45) is 10.4. The molecule has 3 aromatic carbocycles. The monoisotopic (exact) mass is 543 g/mol. The van der Waals surface area contributed by atoms with E-state index in [0.29, 0.717) is 3.93 Å². The summed E-state index contributed by atoms with van der Waals surface area (Å²) in [6.45, 7) is 0. The minimum absolute atomic E-state index is 0.541. The second-order valence-electron chi connectivity index (χ2n) is 7.53. The van der Waals surface area contributed by atoms with E-state index in [1.165, 1.54) is 11.1 Å². The first-order valence-electron chi connectivity index (χ1n) is 9.81.